The zero-order valence-corrected chi connectivity index (χ0v) is 22.7. The molecule has 204 valence electrons. The number of ether oxygens (including phenoxy) is 1. The van der Waals surface area contributed by atoms with E-state index in [2.05, 4.69) is 35.0 Å². The number of carbonyl (C=O) groups is 1. The predicted octanol–water partition coefficient (Wildman–Crippen LogP) is 4.03. The van der Waals surface area contributed by atoms with Gasteiger partial charge in [-0.2, -0.15) is 0 Å². The fourth-order valence-electron chi connectivity index (χ4n) is 3.66. The zero-order valence-electron chi connectivity index (χ0n) is 21.9. The van der Waals surface area contributed by atoms with Crippen molar-refractivity contribution in [2.75, 3.05) is 23.7 Å². The smallest absolute Gasteiger partial charge is 0.407 e. The number of imidazole rings is 1. The molecule has 0 bridgehead atoms. The second kappa shape index (κ2) is 10.6. The van der Waals surface area contributed by atoms with Crippen LogP contribution in [0, 0.1) is 5.82 Å². The van der Waals surface area contributed by atoms with Gasteiger partial charge in [-0.1, -0.05) is 26.8 Å². The van der Waals surface area contributed by atoms with Crippen LogP contribution in [0.3, 0.4) is 0 Å². The highest BCUT2D eigenvalue weighted by molar-refractivity contribution is 7.93. The van der Waals surface area contributed by atoms with Crippen molar-refractivity contribution in [2.24, 2.45) is 0 Å². The quantitative estimate of drug-likeness (QED) is 0.315. The van der Waals surface area contributed by atoms with E-state index in [0.717, 1.165) is 0 Å². The van der Waals surface area contributed by atoms with Gasteiger partial charge in [-0.3, -0.25) is 4.72 Å². The van der Waals surface area contributed by atoms with E-state index in [-0.39, 0.29) is 17.3 Å². The lowest BCUT2D eigenvalue weighted by atomic mass is 9.96. The third-order valence-corrected chi connectivity index (χ3v) is 7.76. The molecule has 13 heteroatoms. The topological polar surface area (TPSA) is 151 Å². The lowest BCUT2D eigenvalue weighted by Gasteiger charge is -2.14. The first kappa shape index (κ1) is 27.3. The minimum atomic E-state index is -3.65. The van der Waals surface area contributed by atoms with E-state index in [1.807, 2.05) is 20.8 Å². The average molecular weight is 546 g/mol. The van der Waals surface area contributed by atoms with Crippen LogP contribution >= 0.6 is 0 Å². The molecule has 0 saturated heterocycles. The van der Waals surface area contributed by atoms with Crippen LogP contribution in [-0.4, -0.2) is 59.4 Å². The first-order valence-corrected chi connectivity index (χ1v) is 13.8. The number of halogens is 1. The number of H-pyrrole nitrogens is 1. The Bertz CT molecular complexity index is 1430. The number of benzene rings is 1. The van der Waals surface area contributed by atoms with Crippen molar-refractivity contribution in [1.82, 2.24) is 25.3 Å². The zero-order chi connectivity index (χ0) is 27.7. The van der Waals surface area contributed by atoms with Crippen LogP contribution in [0.15, 0.2) is 30.5 Å². The molecular weight excluding hydrogens is 513 g/mol. The third-order valence-electron chi connectivity index (χ3n) is 5.91. The number of sulfonamides is 1. The molecule has 1 fully saturated rings. The van der Waals surface area contributed by atoms with Crippen molar-refractivity contribution in [3.8, 4) is 22.6 Å². The summed E-state index contributed by atoms with van der Waals surface area (Å²) in [6, 6.07) is 5.94. The molecule has 0 aliphatic heterocycles. The Kier molecular flexibility index (Phi) is 7.58. The average Bonchev–Trinajstić information content (AvgIpc) is 3.63. The van der Waals surface area contributed by atoms with E-state index in [0.29, 0.717) is 48.2 Å². The van der Waals surface area contributed by atoms with E-state index < -0.39 is 32.6 Å². The van der Waals surface area contributed by atoms with Crippen LogP contribution < -0.4 is 15.4 Å². The highest BCUT2D eigenvalue weighted by Crippen LogP contribution is 2.37. The monoisotopic (exact) mass is 545 g/mol. The van der Waals surface area contributed by atoms with Gasteiger partial charge >= 0.3 is 6.09 Å². The molecule has 3 aromatic rings. The van der Waals surface area contributed by atoms with Crippen molar-refractivity contribution < 1.29 is 22.3 Å². The molecule has 0 radical (unpaired) electrons. The van der Waals surface area contributed by atoms with Crippen molar-refractivity contribution >= 4 is 27.8 Å². The van der Waals surface area contributed by atoms with Gasteiger partial charge in [0.15, 0.2) is 5.82 Å². The highest BCUT2D eigenvalue weighted by atomic mass is 32.2. The van der Waals surface area contributed by atoms with Gasteiger partial charge in [0.2, 0.25) is 16.0 Å². The number of hydrogen-bond donors (Lipinski definition) is 4. The maximum absolute atomic E-state index is 15.7. The normalized spacial score (nSPS) is 14.6. The van der Waals surface area contributed by atoms with E-state index in [4.69, 9.17) is 4.98 Å². The summed E-state index contributed by atoms with van der Waals surface area (Å²) in [5, 5.41) is 5.23. The first-order valence-electron chi connectivity index (χ1n) is 12.2. The number of amides is 1. The largest absolute Gasteiger partial charge is 0.453 e. The maximum Gasteiger partial charge on any atom is 0.407 e. The number of nitrogens with zero attached hydrogens (tertiary/aromatic N) is 3. The molecule has 38 heavy (non-hydrogen) atoms. The van der Waals surface area contributed by atoms with E-state index in [9.17, 15) is 13.2 Å². The molecule has 1 amide bonds. The summed E-state index contributed by atoms with van der Waals surface area (Å²) in [5.41, 5.74) is 0.826. The molecule has 1 aliphatic rings. The Morgan fingerprint density at radius 3 is 2.63 bits per heavy atom. The van der Waals surface area contributed by atoms with Gasteiger partial charge in [-0.25, -0.2) is 32.6 Å². The molecule has 1 unspecified atom stereocenters. The van der Waals surface area contributed by atoms with Crippen LogP contribution in [0.1, 0.15) is 46.4 Å². The predicted molar refractivity (Wildman–Crippen MR) is 143 cm³/mol. The Hall–Kier alpha value is -3.74. The SMILES string of the molecule is COC(=O)NC(C)CNc1nccc(-c2[nH]c(C(C)(C)C)nc2-c2cccc(NS(=O)(=O)C3CC3)c2F)n1. The number of alkyl carbamates (subject to hydrolysis) is 1. The molecular formula is C25H32FN7O4S. The number of rotatable bonds is 9. The number of carbonyl (C=O) groups excluding carboxylic acids is 1. The van der Waals surface area contributed by atoms with Crippen molar-refractivity contribution in [3.05, 3.63) is 42.1 Å². The summed E-state index contributed by atoms with van der Waals surface area (Å²) >= 11 is 0. The number of hydrogen-bond acceptors (Lipinski definition) is 8. The molecule has 2 aromatic heterocycles. The van der Waals surface area contributed by atoms with Crippen LogP contribution in [-0.2, 0) is 20.2 Å². The van der Waals surface area contributed by atoms with Gasteiger partial charge in [-0.15, -0.1) is 0 Å². The number of anilines is 2. The summed E-state index contributed by atoms with van der Waals surface area (Å²) < 4.78 is 47.6. The Labute approximate surface area is 221 Å². The minimum absolute atomic E-state index is 0.127. The molecule has 1 aliphatic carbocycles. The van der Waals surface area contributed by atoms with Crippen LogP contribution in [0.2, 0.25) is 0 Å². The van der Waals surface area contributed by atoms with Gasteiger partial charge in [0.05, 0.1) is 29.4 Å². The molecule has 0 spiro atoms. The molecule has 1 saturated carbocycles. The molecule has 1 aromatic carbocycles. The molecule has 4 N–H and O–H groups in total. The number of aromatic amines is 1. The summed E-state index contributed by atoms with van der Waals surface area (Å²) in [5.74, 6) is 0.181. The van der Waals surface area contributed by atoms with E-state index >= 15 is 4.39 Å². The van der Waals surface area contributed by atoms with Gasteiger partial charge in [-0.05, 0) is 38.0 Å². The lowest BCUT2D eigenvalue weighted by molar-refractivity contribution is 0.168. The van der Waals surface area contributed by atoms with E-state index in [1.165, 1.54) is 13.2 Å². The number of methoxy groups -OCH3 is 1. The molecule has 11 nitrogen and oxygen atoms in total. The first-order chi connectivity index (χ1) is 17.9. The van der Waals surface area contributed by atoms with Crippen LogP contribution in [0.25, 0.3) is 22.6 Å². The lowest BCUT2D eigenvalue weighted by Crippen LogP contribution is -2.37. The van der Waals surface area contributed by atoms with Crippen LogP contribution in [0.5, 0.6) is 0 Å². The number of nitrogens with one attached hydrogen (secondary N) is 4. The summed E-state index contributed by atoms with van der Waals surface area (Å²) in [7, 11) is -2.36. The van der Waals surface area contributed by atoms with Gasteiger partial charge < -0.3 is 20.4 Å². The third kappa shape index (κ3) is 6.21. The number of aromatic nitrogens is 4. The Morgan fingerprint density at radius 1 is 1.24 bits per heavy atom. The van der Waals surface area contributed by atoms with E-state index in [1.54, 1.807) is 31.3 Å². The molecule has 2 heterocycles. The van der Waals surface area contributed by atoms with Gasteiger partial charge in [0.1, 0.15) is 11.5 Å². The highest BCUT2D eigenvalue weighted by Gasteiger charge is 2.36. The second-order valence-electron chi connectivity index (χ2n) is 10.3. The van der Waals surface area contributed by atoms with Crippen molar-refractivity contribution in [3.63, 3.8) is 0 Å². The fourth-order valence-corrected chi connectivity index (χ4v) is 5.04. The molecule has 4 rings (SSSR count). The van der Waals surface area contributed by atoms with Gasteiger partial charge in [0.25, 0.3) is 0 Å². The van der Waals surface area contributed by atoms with Crippen molar-refractivity contribution in [2.45, 2.75) is 57.2 Å². The maximum atomic E-state index is 15.7. The Balaban J connectivity index is 1.69. The van der Waals surface area contributed by atoms with Gasteiger partial charge in [0, 0.05) is 29.8 Å². The molecule has 1 atom stereocenters. The standard InChI is InChI=1S/C25H32FN7O4S/c1-14(29-24(34)37-5)13-28-23-27-12-11-18(30-23)21-20(31-22(32-21)25(2,3)4)16-7-6-8-17(19(16)26)33-38(35,36)15-9-10-15/h6-8,11-12,14-15,33H,9-10,13H2,1-5H3,(H,29,34)(H,31,32)(H,27,28,30). The van der Waals surface area contributed by atoms with Crippen molar-refractivity contribution in [1.29, 1.82) is 0 Å². The summed E-state index contributed by atoms with van der Waals surface area (Å²) in [6.45, 7) is 8.04. The Morgan fingerprint density at radius 2 is 1.97 bits per heavy atom. The second-order valence-corrected chi connectivity index (χ2v) is 12.2. The summed E-state index contributed by atoms with van der Waals surface area (Å²) in [4.78, 5) is 28.2. The fraction of sp³-hybridized carbons (Fsp3) is 0.440. The summed E-state index contributed by atoms with van der Waals surface area (Å²) in [6.07, 6.45) is 2.14. The minimum Gasteiger partial charge on any atom is -0.453 e. The van der Waals surface area contributed by atoms with Crippen LogP contribution in [0.4, 0.5) is 20.8 Å².